The SMILES string of the molecule is CCOc1ccc(OCCC(=O)OC(C)(C)C)cc1. The fourth-order valence-corrected chi connectivity index (χ4v) is 1.44. The first kappa shape index (κ1) is 15.3. The van der Waals surface area contributed by atoms with E-state index in [1.54, 1.807) is 0 Å². The molecule has 4 heteroatoms. The normalized spacial score (nSPS) is 10.9. The Labute approximate surface area is 114 Å². The largest absolute Gasteiger partial charge is 0.494 e. The summed E-state index contributed by atoms with van der Waals surface area (Å²) in [5.41, 5.74) is -0.448. The van der Waals surface area contributed by atoms with Crippen molar-refractivity contribution in [1.29, 1.82) is 0 Å². The molecule has 1 rings (SSSR count). The monoisotopic (exact) mass is 266 g/mol. The Morgan fingerprint density at radius 3 is 2.05 bits per heavy atom. The van der Waals surface area contributed by atoms with Crippen molar-refractivity contribution in [3.8, 4) is 11.5 Å². The van der Waals surface area contributed by atoms with E-state index in [1.165, 1.54) is 0 Å². The van der Waals surface area contributed by atoms with Crippen LogP contribution in [0.5, 0.6) is 11.5 Å². The van der Waals surface area contributed by atoms with Crippen molar-refractivity contribution in [2.75, 3.05) is 13.2 Å². The first-order chi connectivity index (χ1) is 8.90. The summed E-state index contributed by atoms with van der Waals surface area (Å²) in [5, 5.41) is 0. The van der Waals surface area contributed by atoms with Crippen LogP contribution in [0.1, 0.15) is 34.1 Å². The van der Waals surface area contributed by atoms with Gasteiger partial charge in [-0.25, -0.2) is 0 Å². The van der Waals surface area contributed by atoms with Crippen molar-refractivity contribution in [1.82, 2.24) is 0 Å². The Morgan fingerprint density at radius 1 is 1.05 bits per heavy atom. The molecule has 0 aromatic heterocycles. The molecule has 0 aliphatic heterocycles. The predicted molar refractivity (Wildman–Crippen MR) is 73.6 cm³/mol. The number of benzene rings is 1. The zero-order valence-electron chi connectivity index (χ0n) is 12.1. The van der Waals surface area contributed by atoms with Gasteiger partial charge in [-0.1, -0.05) is 0 Å². The minimum absolute atomic E-state index is 0.241. The second-order valence-electron chi connectivity index (χ2n) is 5.09. The van der Waals surface area contributed by atoms with Gasteiger partial charge in [0.2, 0.25) is 0 Å². The van der Waals surface area contributed by atoms with E-state index in [9.17, 15) is 4.79 Å². The Bertz CT molecular complexity index is 390. The van der Waals surface area contributed by atoms with Crippen LogP contribution in [0.25, 0.3) is 0 Å². The molecule has 1 aromatic carbocycles. The zero-order chi connectivity index (χ0) is 14.3. The summed E-state index contributed by atoms with van der Waals surface area (Å²) < 4.78 is 16.0. The van der Waals surface area contributed by atoms with Crippen LogP contribution < -0.4 is 9.47 Å². The average molecular weight is 266 g/mol. The number of hydrogen-bond acceptors (Lipinski definition) is 4. The van der Waals surface area contributed by atoms with Crippen molar-refractivity contribution in [2.24, 2.45) is 0 Å². The number of carbonyl (C=O) groups excluding carboxylic acids is 1. The van der Waals surface area contributed by atoms with Gasteiger partial charge in [-0.3, -0.25) is 4.79 Å². The van der Waals surface area contributed by atoms with Gasteiger partial charge in [-0.2, -0.15) is 0 Å². The lowest BCUT2D eigenvalue weighted by Crippen LogP contribution is -2.24. The highest BCUT2D eigenvalue weighted by Gasteiger charge is 2.15. The zero-order valence-corrected chi connectivity index (χ0v) is 12.1. The van der Waals surface area contributed by atoms with E-state index in [4.69, 9.17) is 14.2 Å². The Morgan fingerprint density at radius 2 is 1.58 bits per heavy atom. The highest BCUT2D eigenvalue weighted by Crippen LogP contribution is 2.17. The molecule has 4 nitrogen and oxygen atoms in total. The molecular weight excluding hydrogens is 244 g/mol. The summed E-state index contributed by atoms with van der Waals surface area (Å²) in [7, 11) is 0. The van der Waals surface area contributed by atoms with Gasteiger partial charge in [0.15, 0.2) is 0 Å². The molecule has 0 fully saturated rings. The molecule has 19 heavy (non-hydrogen) atoms. The molecule has 0 amide bonds. The summed E-state index contributed by atoms with van der Waals surface area (Å²) >= 11 is 0. The van der Waals surface area contributed by atoms with E-state index >= 15 is 0 Å². The second kappa shape index (κ2) is 7.02. The summed E-state index contributed by atoms with van der Waals surface area (Å²) in [4.78, 5) is 11.5. The summed E-state index contributed by atoms with van der Waals surface area (Å²) in [6.07, 6.45) is 0.241. The summed E-state index contributed by atoms with van der Waals surface area (Å²) in [5.74, 6) is 1.27. The van der Waals surface area contributed by atoms with Gasteiger partial charge < -0.3 is 14.2 Å². The van der Waals surface area contributed by atoms with E-state index in [2.05, 4.69) is 0 Å². The number of rotatable bonds is 6. The maximum atomic E-state index is 11.5. The minimum atomic E-state index is -0.448. The van der Waals surface area contributed by atoms with Crippen molar-refractivity contribution < 1.29 is 19.0 Å². The first-order valence-corrected chi connectivity index (χ1v) is 6.48. The quantitative estimate of drug-likeness (QED) is 0.742. The van der Waals surface area contributed by atoms with Gasteiger partial charge in [0, 0.05) is 0 Å². The molecule has 0 saturated heterocycles. The van der Waals surface area contributed by atoms with Crippen molar-refractivity contribution in [3.63, 3.8) is 0 Å². The Hall–Kier alpha value is -1.71. The fourth-order valence-electron chi connectivity index (χ4n) is 1.44. The molecule has 0 radical (unpaired) electrons. The molecule has 0 bridgehead atoms. The van der Waals surface area contributed by atoms with Gasteiger partial charge in [-0.05, 0) is 52.0 Å². The van der Waals surface area contributed by atoms with Crippen LogP contribution in [-0.2, 0) is 9.53 Å². The lowest BCUT2D eigenvalue weighted by molar-refractivity contribution is -0.155. The van der Waals surface area contributed by atoms with Gasteiger partial charge in [0.05, 0.1) is 19.6 Å². The van der Waals surface area contributed by atoms with E-state index < -0.39 is 5.60 Å². The second-order valence-corrected chi connectivity index (χ2v) is 5.09. The highest BCUT2D eigenvalue weighted by atomic mass is 16.6. The Balaban J connectivity index is 2.31. The molecule has 0 heterocycles. The van der Waals surface area contributed by atoms with Crippen LogP contribution in [0.4, 0.5) is 0 Å². The van der Waals surface area contributed by atoms with Crippen molar-refractivity contribution in [3.05, 3.63) is 24.3 Å². The highest BCUT2D eigenvalue weighted by molar-refractivity contribution is 5.69. The van der Waals surface area contributed by atoms with E-state index in [0.717, 1.165) is 5.75 Å². The van der Waals surface area contributed by atoms with Gasteiger partial charge in [0.25, 0.3) is 0 Å². The molecule has 0 atom stereocenters. The van der Waals surface area contributed by atoms with Gasteiger partial charge in [-0.15, -0.1) is 0 Å². The summed E-state index contributed by atoms with van der Waals surface area (Å²) in [6.45, 7) is 8.42. The van der Waals surface area contributed by atoms with Crippen LogP contribution in [0.2, 0.25) is 0 Å². The molecule has 0 N–H and O–H groups in total. The summed E-state index contributed by atoms with van der Waals surface area (Å²) in [6, 6.07) is 7.32. The third-order valence-electron chi connectivity index (χ3n) is 2.13. The van der Waals surface area contributed by atoms with Gasteiger partial charge in [0.1, 0.15) is 17.1 Å². The average Bonchev–Trinajstić information content (AvgIpc) is 2.29. The standard InChI is InChI=1S/C15H22O4/c1-5-17-12-6-8-13(9-7-12)18-11-10-14(16)19-15(2,3)4/h6-9H,5,10-11H2,1-4H3. The molecule has 106 valence electrons. The third kappa shape index (κ3) is 6.70. The maximum Gasteiger partial charge on any atom is 0.309 e. The maximum absolute atomic E-state index is 11.5. The number of hydrogen-bond donors (Lipinski definition) is 0. The van der Waals surface area contributed by atoms with Crippen LogP contribution >= 0.6 is 0 Å². The molecule has 0 aliphatic rings. The molecule has 0 unspecified atom stereocenters. The molecule has 0 saturated carbocycles. The lowest BCUT2D eigenvalue weighted by Gasteiger charge is -2.19. The van der Waals surface area contributed by atoms with Gasteiger partial charge >= 0.3 is 5.97 Å². The molecule has 1 aromatic rings. The van der Waals surface area contributed by atoms with Crippen LogP contribution in [-0.4, -0.2) is 24.8 Å². The smallest absolute Gasteiger partial charge is 0.309 e. The topological polar surface area (TPSA) is 44.8 Å². The number of ether oxygens (including phenoxy) is 3. The first-order valence-electron chi connectivity index (χ1n) is 6.48. The molecule has 0 spiro atoms. The van der Waals surface area contributed by atoms with Crippen molar-refractivity contribution >= 4 is 5.97 Å². The number of esters is 1. The Kier molecular flexibility index (Phi) is 5.67. The van der Waals surface area contributed by atoms with Crippen LogP contribution in [0.3, 0.4) is 0 Å². The predicted octanol–water partition coefficient (Wildman–Crippen LogP) is 3.20. The van der Waals surface area contributed by atoms with Crippen LogP contribution in [0, 0.1) is 0 Å². The van der Waals surface area contributed by atoms with Crippen LogP contribution in [0.15, 0.2) is 24.3 Å². The molecule has 0 aliphatic carbocycles. The van der Waals surface area contributed by atoms with E-state index in [0.29, 0.717) is 19.0 Å². The fraction of sp³-hybridized carbons (Fsp3) is 0.533. The third-order valence-corrected chi connectivity index (χ3v) is 2.13. The van der Waals surface area contributed by atoms with Crippen molar-refractivity contribution in [2.45, 2.75) is 39.7 Å². The minimum Gasteiger partial charge on any atom is -0.494 e. The van der Waals surface area contributed by atoms with E-state index in [1.807, 2.05) is 52.0 Å². The number of carbonyl (C=O) groups is 1. The van der Waals surface area contributed by atoms with E-state index in [-0.39, 0.29) is 12.4 Å². The molecular formula is C15H22O4. The lowest BCUT2D eigenvalue weighted by atomic mass is 10.2.